The zero-order chi connectivity index (χ0) is 18.4. The highest BCUT2D eigenvalue weighted by Gasteiger charge is 2.26. The van der Waals surface area contributed by atoms with Gasteiger partial charge in [0.25, 0.3) is 0 Å². The SMILES string of the molecule is CC(C)(C)OC(=O)Nc1cc(CC(=O)NCCC(F)(F)F)ccn1. The van der Waals surface area contributed by atoms with Crippen LogP contribution in [0.1, 0.15) is 32.8 Å². The first-order valence-corrected chi connectivity index (χ1v) is 7.23. The Morgan fingerprint density at radius 2 is 1.92 bits per heavy atom. The fraction of sp³-hybridized carbons (Fsp3) is 0.533. The number of aromatic nitrogens is 1. The molecule has 0 aliphatic heterocycles. The maximum absolute atomic E-state index is 12.0. The van der Waals surface area contributed by atoms with Gasteiger partial charge in [0.2, 0.25) is 5.91 Å². The van der Waals surface area contributed by atoms with Crippen LogP contribution >= 0.6 is 0 Å². The minimum atomic E-state index is -4.31. The maximum Gasteiger partial charge on any atom is 0.413 e. The van der Waals surface area contributed by atoms with Gasteiger partial charge in [-0.2, -0.15) is 13.2 Å². The number of nitrogens with one attached hydrogen (secondary N) is 2. The minimum absolute atomic E-state index is 0.122. The van der Waals surface area contributed by atoms with Gasteiger partial charge in [0.1, 0.15) is 11.4 Å². The number of hydrogen-bond donors (Lipinski definition) is 2. The van der Waals surface area contributed by atoms with Crippen LogP contribution in [0, 0.1) is 0 Å². The molecule has 1 heterocycles. The molecule has 0 saturated heterocycles. The summed E-state index contributed by atoms with van der Waals surface area (Å²) in [7, 11) is 0. The molecule has 0 radical (unpaired) electrons. The highest BCUT2D eigenvalue weighted by molar-refractivity contribution is 5.84. The molecule has 1 rings (SSSR count). The highest BCUT2D eigenvalue weighted by Crippen LogP contribution is 2.18. The first kappa shape index (κ1) is 19.7. The van der Waals surface area contributed by atoms with E-state index in [4.69, 9.17) is 4.74 Å². The van der Waals surface area contributed by atoms with Crippen LogP contribution in [-0.2, 0) is 16.0 Å². The molecule has 1 aromatic rings. The van der Waals surface area contributed by atoms with Crippen molar-refractivity contribution in [1.29, 1.82) is 0 Å². The standard InChI is InChI=1S/C15H20F3N3O3/c1-14(2,3)24-13(23)21-11-8-10(4-6-19-11)9-12(22)20-7-5-15(16,17)18/h4,6,8H,5,7,9H2,1-3H3,(H,20,22)(H,19,21,23). The fourth-order valence-corrected chi connectivity index (χ4v) is 1.65. The van der Waals surface area contributed by atoms with E-state index in [0.717, 1.165) is 0 Å². The summed E-state index contributed by atoms with van der Waals surface area (Å²) in [5.41, 5.74) is -0.166. The minimum Gasteiger partial charge on any atom is -0.444 e. The molecule has 0 atom stereocenters. The molecule has 24 heavy (non-hydrogen) atoms. The number of amides is 2. The molecule has 2 N–H and O–H groups in total. The Morgan fingerprint density at radius 3 is 2.50 bits per heavy atom. The van der Waals surface area contributed by atoms with Crippen LogP contribution in [0.3, 0.4) is 0 Å². The van der Waals surface area contributed by atoms with Gasteiger partial charge in [0.05, 0.1) is 12.8 Å². The van der Waals surface area contributed by atoms with Crippen molar-refractivity contribution in [1.82, 2.24) is 10.3 Å². The van der Waals surface area contributed by atoms with E-state index in [0.29, 0.717) is 5.56 Å². The molecule has 0 fully saturated rings. The third-order valence-corrected chi connectivity index (χ3v) is 2.55. The average Bonchev–Trinajstić information content (AvgIpc) is 2.34. The number of carbonyl (C=O) groups excluding carboxylic acids is 2. The van der Waals surface area contributed by atoms with Gasteiger partial charge in [-0.25, -0.2) is 9.78 Å². The van der Waals surface area contributed by atoms with Crippen molar-refractivity contribution >= 4 is 17.8 Å². The summed E-state index contributed by atoms with van der Waals surface area (Å²) < 4.78 is 41.1. The van der Waals surface area contributed by atoms with Crippen LogP contribution in [0.5, 0.6) is 0 Å². The topological polar surface area (TPSA) is 80.3 Å². The number of pyridine rings is 1. The highest BCUT2D eigenvalue weighted by atomic mass is 19.4. The first-order chi connectivity index (χ1) is 10.9. The lowest BCUT2D eigenvalue weighted by atomic mass is 10.2. The lowest BCUT2D eigenvalue weighted by Crippen LogP contribution is -2.29. The lowest BCUT2D eigenvalue weighted by molar-refractivity contribution is -0.135. The molecule has 0 aliphatic rings. The summed E-state index contributed by atoms with van der Waals surface area (Å²) in [6.45, 7) is 4.65. The van der Waals surface area contributed by atoms with Gasteiger partial charge in [-0.1, -0.05) is 0 Å². The Morgan fingerprint density at radius 1 is 1.25 bits per heavy atom. The maximum atomic E-state index is 12.0. The molecule has 0 spiro atoms. The number of ether oxygens (including phenoxy) is 1. The first-order valence-electron chi connectivity index (χ1n) is 7.23. The summed E-state index contributed by atoms with van der Waals surface area (Å²) >= 11 is 0. The second-order valence-corrected chi connectivity index (χ2v) is 6.07. The van der Waals surface area contributed by atoms with Gasteiger partial charge >= 0.3 is 12.3 Å². The molecular formula is C15H20F3N3O3. The van der Waals surface area contributed by atoms with Crippen molar-refractivity contribution < 1.29 is 27.5 Å². The molecule has 0 aromatic carbocycles. The van der Waals surface area contributed by atoms with Gasteiger partial charge in [-0.15, -0.1) is 0 Å². The summed E-state index contributed by atoms with van der Waals surface area (Å²) in [6, 6.07) is 2.98. The van der Waals surface area contributed by atoms with E-state index in [1.807, 2.05) is 0 Å². The van der Waals surface area contributed by atoms with Gasteiger partial charge in [0, 0.05) is 12.7 Å². The van der Waals surface area contributed by atoms with Crippen molar-refractivity contribution in [3.8, 4) is 0 Å². The molecule has 0 bridgehead atoms. The quantitative estimate of drug-likeness (QED) is 0.858. The van der Waals surface area contributed by atoms with Crippen LogP contribution < -0.4 is 10.6 Å². The predicted molar refractivity (Wildman–Crippen MR) is 81.5 cm³/mol. The van der Waals surface area contributed by atoms with Crippen LogP contribution in [0.15, 0.2) is 18.3 Å². The normalized spacial score (nSPS) is 11.8. The molecule has 0 saturated carbocycles. The zero-order valence-electron chi connectivity index (χ0n) is 13.7. The Labute approximate surface area is 137 Å². The second-order valence-electron chi connectivity index (χ2n) is 6.07. The van der Waals surface area contributed by atoms with Crippen LogP contribution in [0.4, 0.5) is 23.8 Å². The smallest absolute Gasteiger partial charge is 0.413 e. The predicted octanol–water partition coefficient (Wildman–Crippen LogP) is 3.04. The van der Waals surface area contributed by atoms with Crippen LogP contribution in [0.25, 0.3) is 0 Å². The van der Waals surface area contributed by atoms with Crippen LogP contribution in [-0.4, -0.2) is 35.3 Å². The number of anilines is 1. The summed E-state index contributed by atoms with van der Waals surface area (Å²) in [5, 5.41) is 4.61. The number of rotatable bonds is 5. The monoisotopic (exact) mass is 347 g/mol. The third kappa shape index (κ3) is 8.96. The summed E-state index contributed by atoms with van der Waals surface area (Å²) in [6.07, 6.45) is -4.83. The van der Waals surface area contributed by atoms with Crippen molar-refractivity contribution in [2.45, 2.75) is 45.4 Å². The van der Waals surface area contributed by atoms with E-state index in [1.165, 1.54) is 18.3 Å². The average molecular weight is 347 g/mol. The molecule has 134 valence electrons. The molecule has 9 heteroatoms. The zero-order valence-corrected chi connectivity index (χ0v) is 13.7. The van der Waals surface area contributed by atoms with Crippen molar-refractivity contribution in [2.24, 2.45) is 0 Å². The summed E-state index contributed by atoms with van der Waals surface area (Å²) in [4.78, 5) is 27.2. The largest absolute Gasteiger partial charge is 0.444 e. The van der Waals surface area contributed by atoms with E-state index >= 15 is 0 Å². The number of alkyl halides is 3. The van der Waals surface area contributed by atoms with E-state index in [1.54, 1.807) is 20.8 Å². The van der Waals surface area contributed by atoms with E-state index < -0.39 is 36.7 Å². The molecule has 0 aliphatic carbocycles. The third-order valence-electron chi connectivity index (χ3n) is 2.55. The van der Waals surface area contributed by atoms with Gasteiger partial charge < -0.3 is 10.1 Å². The Kier molecular flexibility index (Phi) is 6.56. The molecule has 2 amide bonds. The molecule has 0 unspecified atom stereocenters. The summed E-state index contributed by atoms with van der Waals surface area (Å²) in [5.74, 6) is -0.362. The van der Waals surface area contributed by atoms with E-state index in [2.05, 4.69) is 15.6 Å². The van der Waals surface area contributed by atoms with Gasteiger partial charge in [-0.3, -0.25) is 10.1 Å². The number of hydrogen-bond acceptors (Lipinski definition) is 4. The van der Waals surface area contributed by atoms with Crippen molar-refractivity contribution in [3.63, 3.8) is 0 Å². The van der Waals surface area contributed by atoms with Crippen molar-refractivity contribution in [3.05, 3.63) is 23.9 Å². The fourth-order valence-electron chi connectivity index (χ4n) is 1.65. The van der Waals surface area contributed by atoms with Crippen LogP contribution in [0.2, 0.25) is 0 Å². The van der Waals surface area contributed by atoms with Gasteiger partial charge in [0.15, 0.2) is 0 Å². The Bertz CT molecular complexity index is 583. The molecule has 6 nitrogen and oxygen atoms in total. The Hall–Kier alpha value is -2.32. The molecular weight excluding hydrogens is 327 g/mol. The lowest BCUT2D eigenvalue weighted by Gasteiger charge is -2.19. The number of carbonyl (C=O) groups is 2. The number of nitrogens with zero attached hydrogens (tertiary/aromatic N) is 1. The van der Waals surface area contributed by atoms with Gasteiger partial charge in [-0.05, 0) is 38.5 Å². The Balaban J connectivity index is 2.53. The van der Waals surface area contributed by atoms with E-state index in [9.17, 15) is 22.8 Å². The van der Waals surface area contributed by atoms with Crippen molar-refractivity contribution in [2.75, 3.05) is 11.9 Å². The second kappa shape index (κ2) is 7.98. The number of halogens is 3. The molecule has 1 aromatic heterocycles. The van der Waals surface area contributed by atoms with E-state index in [-0.39, 0.29) is 12.2 Å².